The maximum absolute atomic E-state index is 13.1. The molecule has 18 heavy (non-hydrogen) atoms. The van der Waals surface area contributed by atoms with E-state index >= 15 is 0 Å². The first kappa shape index (κ1) is 14.8. The number of hydrogen-bond acceptors (Lipinski definition) is 2. The fraction of sp³-hybridized carbons (Fsp3) is 0.615. The number of anilines is 1. The number of halogens is 3. The van der Waals surface area contributed by atoms with Crippen LogP contribution in [0.5, 0.6) is 0 Å². The summed E-state index contributed by atoms with van der Waals surface area (Å²) in [6.07, 6.45) is -2.98. The van der Waals surface area contributed by atoms with Crippen molar-refractivity contribution in [1.29, 1.82) is 0 Å². The molecule has 0 amide bonds. The second kappa shape index (κ2) is 4.78. The van der Waals surface area contributed by atoms with E-state index in [4.69, 9.17) is 5.73 Å². The second-order valence-electron chi connectivity index (χ2n) is 5.22. The normalized spacial score (nSPS) is 12.8. The zero-order valence-electron chi connectivity index (χ0n) is 11.2. The molecule has 0 saturated carbocycles. The average Bonchev–Trinajstić information content (AvgIpc) is 2.13. The molecule has 0 aliphatic rings. The van der Waals surface area contributed by atoms with E-state index in [1.54, 1.807) is 13.8 Å². The largest absolute Gasteiger partial charge is 0.418 e. The smallest absolute Gasteiger partial charge is 0.384 e. The number of pyridine rings is 1. The van der Waals surface area contributed by atoms with E-state index in [1.165, 1.54) is 13.0 Å². The molecule has 1 heterocycles. The lowest BCUT2D eigenvalue weighted by Gasteiger charge is -2.28. The molecule has 0 bridgehead atoms. The quantitative estimate of drug-likeness (QED) is 0.889. The molecule has 2 nitrogen and oxygen atoms in total. The highest BCUT2D eigenvalue weighted by atomic mass is 19.4. The van der Waals surface area contributed by atoms with Gasteiger partial charge in [0.05, 0.1) is 11.3 Å². The molecule has 1 aromatic heterocycles. The Hall–Kier alpha value is -1.26. The van der Waals surface area contributed by atoms with Crippen molar-refractivity contribution in [2.24, 2.45) is 0 Å². The van der Waals surface area contributed by atoms with Crippen molar-refractivity contribution >= 4 is 5.82 Å². The molecular formula is C13H19F3N2. The third-order valence-electron chi connectivity index (χ3n) is 3.04. The predicted molar refractivity (Wildman–Crippen MR) is 66.3 cm³/mol. The van der Waals surface area contributed by atoms with Crippen molar-refractivity contribution in [3.8, 4) is 0 Å². The third-order valence-corrected chi connectivity index (χ3v) is 3.04. The van der Waals surface area contributed by atoms with Gasteiger partial charge in [-0.1, -0.05) is 27.2 Å². The Morgan fingerprint density at radius 1 is 1.28 bits per heavy atom. The zero-order chi connectivity index (χ0) is 14.1. The van der Waals surface area contributed by atoms with E-state index in [2.05, 4.69) is 4.98 Å². The van der Waals surface area contributed by atoms with E-state index < -0.39 is 17.2 Å². The molecule has 0 aliphatic heterocycles. The molecule has 0 aliphatic carbocycles. The highest BCUT2D eigenvalue weighted by Crippen LogP contribution is 2.40. The SMILES string of the molecule is CCCC(C)(C)c1nc(N)cc(C)c1C(F)(F)F. The van der Waals surface area contributed by atoms with Gasteiger partial charge in [-0.05, 0) is 25.0 Å². The lowest BCUT2D eigenvalue weighted by Crippen LogP contribution is -2.26. The van der Waals surface area contributed by atoms with Crippen molar-refractivity contribution in [3.63, 3.8) is 0 Å². The van der Waals surface area contributed by atoms with Crippen molar-refractivity contribution in [2.75, 3.05) is 5.73 Å². The fourth-order valence-corrected chi connectivity index (χ4v) is 2.29. The highest BCUT2D eigenvalue weighted by molar-refractivity contribution is 5.44. The van der Waals surface area contributed by atoms with Gasteiger partial charge >= 0.3 is 6.18 Å². The first-order valence-electron chi connectivity index (χ1n) is 5.94. The summed E-state index contributed by atoms with van der Waals surface area (Å²) in [6.45, 7) is 6.90. The molecule has 0 unspecified atom stereocenters. The Balaban J connectivity index is 3.51. The second-order valence-corrected chi connectivity index (χ2v) is 5.22. The lowest BCUT2D eigenvalue weighted by molar-refractivity contribution is -0.139. The molecule has 1 rings (SSSR count). The van der Waals surface area contributed by atoms with Crippen molar-refractivity contribution in [1.82, 2.24) is 4.98 Å². The number of rotatable bonds is 3. The van der Waals surface area contributed by atoms with Gasteiger partial charge in [0.1, 0.15) is 5.82 Å². The number of alkyl halides is 3. The molecule has 0 spiro atoms. The van der Waals surface area contributed by atoms with Gasteiger partial charge in [0.2, 0.25) is 0 Å². The standard InChI is InChI=1S/C13H19F3N2/c1-5-6-12(3,4)11-10(13(14,15)16)8(2)7-9(17)18-11/h7H,5-6H2,1-4H3,(H2,17,18). The van der Waals surface area contributed by atoms with Crippen LogP contribution >= 0.6 is 0 Å². The van der Waals surface area contributed by atoms with E-state index in [0.29, 0.717) is 6.42 Å². The van der Waals surface area contributed by atoms with Gasteiger partial charge in [-0.15, -0.1) is 0 Å². The summed E-state index contributed by atoms with van der Waals surface area (Å²) >= 11 is 0. The van der Waals surface area contributed by atoms with E-state index in [0.717, 1.165) is 6.42 Å². The summed E-state index contributed by atoms with van der Waals surface area (Å²) in [7, 11) is 0. The monoisotopic (exact) mass is 260 g/mol. The number of aromatic nitrogens is 1. The lowest BCUT2D eigenvalue weighted by atomic mass is 9.81. The van der Waals surface area contributed by atoms with Crippen molar-refractivity contribution in [3.05, 3.63) is 22.9 Å². The summed E-state index contributed by atoms with van der Waals surface area (Å²) in [4.78, 5) is 3.95. The Morgan fingerprint density at radius 2 is 1.83 bits per heavy atom. The molecule has 0 radical (unpaired) electrons. The van der Waals surface area contributed by atoms with Gasteiger partial charge in [-0.3, -0.25) is 0 Å². The van der Waals surface area contributed by atoms with Crippen molar-refractivity contribution in [2.45, 2.75) is 52.1 Å². The van der Waals surface area contributed by atoms with Crippen LogP contribution in [0.2, 0.25) is 0 Å². The van der Waals surface area contributed by atoms with E-state index in [9.17, 15) is 13.2 Å². The third kappa shape index (κ3) is 2.94. The first-order valence-corrected chi connectivity index (χ1v) is 5.94. The van der Waals surface area contributed by atoms with Gasteiger partial charge < -0.3 is 5.73 Å². The van der Waals surface area contributed by atoms with Crippen LogP contribution in [-0.2, 0) is 11.6 Å². The Kier molecular flexibility index (Phi) is 3.93. The molecule has 5 heteroatoms. The van der Waals surface area contributed by atoms with Gasteiger partial charge in [0.15, 0.2) is 0 Å². The van der Waals surface area contributed by atoms with E-state index in [1.807, 2.05) is 6.92 Å². The van der Waals surface area contributed by atoms with Crippen LogP contribution in [0.15, 0.2) is 6.07 Å². The first-order chi connectivity index (χ1) is 8.09. The number of nitrogen functional groups attached to an aromatic ring is 1. The maximum Gasteiger partial charge on any atom is 0.418 e. The molecule has 0 saturated heterocycles. The topological polar surface area (TPSA) is 38.9 Å². The number of hydrogen-bond donors (Lipinski definition) is 1. The van der Waals surface area contributed by atoms with Gasteiger partial charge in [-0.2, -0.15) is 13.2 Å². The van der Waals surface area contributed by atoms with Crippen LogP contribution in [0.3, 0.4) is 0 Å². The number of nitrogens with two attached hydrogens (primary N) is 1. The van der Waals surface area contributed by atoms with Crippen LogP contribution in [0.25, 0.3) is 0 Å². The fourth-order valence-electron chi connectivity index (χ4n) is 2.29. The van der Waals surface area contributed by atoms with Gasteiger partial charge in [0, 0.05) is 5.41 Å². The van der Waals surface area contributed by atoms with Crippen LogP contribution in [-0.4, -0.2) is 4.98 Å². The predicted octanol–water partition coefficient (Wildman–Crippen LogP) is 4.07. The number of aryl methyl sites for hydroxylation is 1. The van der Waals surface area contributed by atoms with Gasteiger partial charge in [0.25, 0.3) is 0 Å². The van der Waals surface area contributed by atoms with Crippen LogP contribution < -0.4 is 5.73 Å². The Morgan fingerprint density at radius 3 is 2.28 bits per heavy atom. The summed E-state index contributed by atoms with van der Waals surface area (Å²) < 4.78 is 39.4. The van der Waals surface area contributed by atoms with E-state index in [-0.39, 0.29) is 17.1 Å². The highest BCUT2D eigenvalue weighted by Gasteiger charge is 2.40. The minimum atomic E-state index is -4.40. The summed E-state index contributed by atoms with van der Waals surface area (Å²) in [5.41, 5.74) is 4.49. The maximum atomic E-state index is 13.1. The molecule has 1 aromatic rings. The zero-order valence-corrected chi connectivity index (χ0v) is 11.2. The number of nitrogens with zero attached hydrogens (tertiary/aromatic N) is 1. The molecule has 0 atom stereocenters. The van der Waals surface area contributed by atoms with Crippen LogP contribution in [0.1, 0.15) is 50.4 Å². The van der Waals surface area contributed by atoms with Crippen LogP contribution in [0, 0.1) is 6.92 Å². The minimum absolute atomic E-state index is 0.0503. The molecule has 2 N–H and O–H groups in total. The molecule has 0 aromatic carbocycles. The molecule has 0 fully saturated rings. The average molecular weight is 260 g/mol. The molecular weight excluding hydrogens is 241 g/mol. The van der Waals surface area contributed by atoms with Crippen molar-refractivity contribution < 1.29 is 13.2 Å². The summed E-state index contributed by atoms with van der Waals surface area (Å²) in [5, 5.41) is 0. The van der Waals surface area contributed by atoms with Crippen LogP contribution in [0.4, 0.5) is 19.0 Å². The Bertz CT molecular complexity index is 437. The summed E-state index contributed by atoms with van der Waals surface area (Å²) in [6, 6.07) is 1.27. The minimum Gasteiger partial charge on any atom is -0.384 e. The van der Waals surface area contributed by atoms with Gasteiger partial charge in [-0.25, -0.2) is 4.98 Å². The Labute approximate surface area is 105 Å². The molecule has 102 valence electrons. The summed E-state index contributed by atoms with van der Waals surface area (Å²) in [5.74, 6) is 0.139.